The summed E-state index contributed by atoms with van der Waals surface area (Å²) >= 11 is 1.33. The molecule has 1 heterocycles. The second kappa shape index (κ2) is 6.71. The predicted octanol–water partition coefficient (Wildman–Crippen LogP) is 2.60. The Labute approximate surface area is 128 Å². The van der Waals surface area contributed by atoms with Crippen molar-refractivity contribution in [2.45, 2.75) is 38.9 Å². The lowest BCUT2D eigenvalue weighted by molar-refractivity contribution is -0.113. The number of nitrogens with one attached hydrogen (secondary N) is 1. The highest BCUT2D eigenvalue weighted by Gasteiger charge is 2.12. The number of carbonyl (C=O) groups is 1. The number of hydrogen-bond donors (Lipinski definition) is 1. The quantitative estimate of drug-likeness (QED) is 0.860. The summed E-state index contributed by atoms with van der Waals surface area (Å²) in [5, 5.41) is 15.0. The lowest BCUT2D eigenvalue weighted by Gasteiger charge is -2.08. The van der Waals surface area contributed by atoms with Crippen molar-refractivity contribution in [1.82, 2.24) is 20.2 Å². The molecule has 0 spiro atoms. The van der Waals surface area contributed by atoms with Crippen molar-refractivity contribution < 1.29 is 4.79 Å². The summed E-state index contributed by atoms with van der Waals surface area (Å²) in [5.41, 5.74) is 3.07. The van der Waals surface area contributed by atoms with Gasteiger partial charge in [-0.15, -0.1) is 5.10 Å². The average Bonchev–Trinajstić information content (AvgIpc) is 2.83. The van der Waals surface area contributed by atoms with E-state index in [9.17, 15) is 4.79 Å². The van der Waals surface area contributed by atoms with E-state index in [0.29, 0.717) is 5.16 Å². The van der Waals surface area contributed by atoms with Gasteiger partial charge in [0, 0.05) is 5.69 Å². The number of benzene rings is 1. The molecule has 0 unspecified atom stereocenters. The molecule has 2 aromatic rings. The number of carbonyl (C=O) groups excluding carboxylic acids is 1. The maximum Gasteiger partial charge on any atom is 0.234 e. The van der Waals surface area contributed by atoms with Gasteiger partial charge >= 0.3 is 0 Å². The van der Waals surface area contributed by atoms with E-state index in [1.807, 2.05) is 39.8 Å². The zero-order chi connectivity index (χ0) is 15.4. The third-order valence-electron chi connectivity index (χ3n) is 2.79. The molecule has 7 heteroatoms. The van der Waals surface area contributed by atoms with Crippen LogP contribution in [0.15, 0.2) is 23.4 Å². The third-order valence-corrected chi connectivity index (χ3v) is 3.72. The minimum Gasteiger partial charge on any atom is -0.325 e. The van der Waals surface area contributed by atoms with Crippen LogP contribution in [0.25, 0.3) is 0 Å². The van der Waals surface area contributed by atoms with Gasteiger partial charge in [-0.3, -0.25) is 4.79 Å². The van der Waals surface area contributed by atoms with Crippen LogP contribution in [0.2, 0.25) is 0 Å². The van der Waals surface area contributed by atoms with Gasteiger partial charge in [-0.25, -0.2) is 4.68 Å². The molecule has 21 heavy (non-hydrogen) atoms. The molecule has 112 valence electrons. The van der Waals surface area contributed by atoms with Gasteiger partial charge in [0.2, 0.25) is 11.1 Å². The Balaban J connectivity index is 1.94. The highest BCUT2D eigenvalue weighted by atomic mass is 32.2. The molecule has 0 radical (unpaired) electrons. The molecule has 1 aromatic heterocycles. The number of aromatic nitrogens is 4. The maximum absolute atomic E-state index is 12.0. The largest absolute Gasteiger partial charge is 0.325 e. The number of tetrazole rings is 1. The second-order valence-corrected chi connectivity index (χ2v) is 6.16. The fraction of sp³-hybridized carbons (Fsp3) is 0.429. The van der Waals surface area contributed by atoms with E-state index in [1.165, 1.54) is 11.8 Å². The lowest BCUT2D eigenvalue weighted by Crippen LogP contribution is -2.15. The molecule has 1 amide bonds. The highest BCUT2D eigenvalue weighted by Crippen LogP contribution is 2.18. The van der Waals surface area contributed by atoms with E-state index in [-0.39, 0.29) is 17.7 Å². The monoisotopic (exact) mass is 305 g/mol. The summed E-state index contributed by atoms with van der Waals surface area (Å²) < 4.78 is 1.70. The van der Waals surface area contributed by atoms with Gasteiger partial charge in [0.1, 0.15) is 0 Å². The molecular formula is C14H19N5OS. The first-order valence-corrected chi connectivity index (χ1v) is 7.73. The van der Waals surface area contributed by atoms with Crippen LogP contribution in [0.4, 0.5) is 5.69 Å². The van der Waals surface area contributed by atoms with E-state index >= 15 is 0 Å². The number of nitrogens with zero attached hydrogens (tertiary/aromatic N) is 4. The average molecular weight is 305 g/mol. The molecule has 6 nitrogen and oxygen atoms in total. The lowest BCUT2D eigenvalue weighted by atomic mass is 10.1. The minimum absolute atomic E-state index is 0.0664. The minimum atomic E-state index is -0.0664. The van der Waals surface area contributed by atoms with Crippen LogP contribution in [-0.4, -0.2) is 31.9 Å². The molecule has 0 saturated heterocycles. The van der Waals surface area contributed by atoms with Gasteiger partial charge in [-0.2, -0.15) is 0 Å². The Morgan fingerprint density at radius 2 is 1.95 bits per heavy atom. The summed E-state index contributed by atoms with van der Waals surface area (Å²) in [7, 11) is 0. The van der Waals surface area contributed by atoms with Gasteiger partial charge in [-0.05, 0) is 61.4 Å². The topological polar surface area (TPSA) is 72.7 Å². The summed E-state index contributed by atoms with van der Waals surface area (Å²) in [5.74, 6) is 0.211. The molecule has 1 aromatic carbocycles. The zero-order valence-electron chi connectivity index (χ0n) is 12.6. The fourth-order valence-corrected chi connectivity index (χ4v) is 2.78. The van der Waals surface area contributed by atoms with E-state index in [1.54, 1.807) is 4.68 Å². The molecule has 0 saturated carbocycles. The second-order valence-electron chi connectivity index (χ2n) is 5.21. The number of rotatable bonds is 5. The summed E-state index contributed by atoms with van der Waals surface area (Å²) in [6, 6.07) is 6.15. The van der Waals surface area contributed by atoms with Crippen LogP contribution < -0.4 is 5.32 Å². The summed E-state index contributed by atoms with van der Waals surface area (Å²) in [4.78, 5) is 12.0. The first-order valence-electron chi connectivity index (χ1n) is 6.74. The summed E-state index contributed by atoms with van der Waals surface area (Å²) in [6.07, 6.45) is 0. The van der Waals surface area contributed by atoms with Crippen LogP contribution in [0.3, 0.4) is 0 Å². The fourth-order valence-electron chi connectivity index (χ4n) is 1.98. The van der Waals surface area contributed by atoms with E-state index < -0.39 is 0 Å². The smallest absolute Gasteiger partial charge is 0.234 e. The van der Waals surface area contributed by atoms with E-state index in [2.05, 4.69) is 26.9 Å². The van der Waals surface area contributed by atoms with Crippen molar-refractivity contribution >= 4 is 23.4 Å². The molecule has 1 N–H and O–H groups in total. The Morgan fingerprint density at radius 3 is 2.57 bits per heavy atom. The Hall–Kier alpha value is -1.89. The van der Waals surface area contributed by atoms with Gasteiger partial charge in [-0.1, -0.05) is 17.8 Å². The summed E-state index contributed by atoms with van der Waals surface area (Å²) in [6.45, 7) is 8.01. The van der Waals surface area contributed by atoms with Crippen LogP contribution in [-0.2, 0) is 4.79 Å². The van der Waals surface area contributed by atoms with Gasteiger partial charge in [0.05, 0.1) is 11.8 Å². The van der Waals surface area contributed by atoms with Gasteiger partial charge < -0.3 is 5.32 Å². The Bertz CT molecular complexity index is 618. The predicted molar refractivity (Wildman–Crippen MR) is 83.5 cm³/mol. The molecule has 0 atom stereocenters. The zero-order valence-corrected chi connectivity index (χ0v) is 13.4. The number of anilines is 1. The maximum atomic E-state index is 12.0. The normalized spacial score (nSPS) is 10.9. The van der Waals surface area contributed by atoms with E-state index in [4.69, 9.17) is 0 Å². The van der Waals surface area contributed by atoms with Crippen molar-refractivity contribution in [1.29, 1.82) is 0 Å². The van der Waals surface area contributed by atoms with Crippen molar-refractivity contribution in [2.75, 3.05) is 11.1 Å². The first-order chi connectivity index (χ1) is 9.95. The molecule has 0 aliphatic rings. The van der Waals surface area contributed by atoms with E-state index in [0.717, 1.165) is 16.8 Å². The first kappa shape index (κ1) is 15.5. The molecule has 2 rings (SSSR count). The Kier molecular flexibility index (Phi) is 4.95. The van der Waals surface area contributed by atoms with Crippen LogP contribution in [0, 0.1) is 13.8 Å². The number of hydrogen-bond acceptors (Lipinski definition) is 5. The molecule has 0 fully saturated rings. The Morgan fingerprint density at radius 1 is 1.29 bits per heavy atom. The van der Waals surface area contributed by atoms with Crippen molar-refractivity contribution in [3.05, 3.63) is 29.3 Å². The van der Waals surface area contributed by atoms with Crippen LogP contribution >= 0.6 is 11.8 Å². The highest BCUT2D eigenvalue weighted by molar-refractivity contribution is 7.99. The van der Waals surface area contributed by atoms with Crippen molar-refractivity contribution in [3.8, 4) is 0 Å². The molecule has 0 aliphatic carbocycles. The van der Waals surface area contributed by atoms with Crippen LogP contribution in [0.5, 0.6) is 0 Å². The standard InChI is InChI=1S/C14H19N5OS/c1-9(2)19-14(16-17-18-19)21-8-13(20)15-12-6-10(3)5-11(4)7-12/h5-7,9H,8H2,1-4H3,(H,15,20). The number of amides is 1. The van der Waals surface area contributed by atoms with Crippen molar-refractivity contribution in [2.24, 2.45) is 0 Å². The third kappa shape index (κ3) is 4.29. The number of thioether (sulfide) groups is 1. The SMILES string of the molecule is Cc1cc(C)cc(NC(=O)CSc2nnnn2C(C)C)c1. The van der Waals surface area contributed by atoms with Gasteiger partial charge in [0.15, 0.2) is 0 Å². The number of aryl methyl sites for hydroxylation is 2. The van der Waals surface area contributed by atoms with Gasteiger partial charge in [0.25, 0.3) is 0 Å². The van der Waals surface area contributed by atoms with Crippen molar-refractivity contribution in [3.63, 3.8) is 0 Å². The van der Waals surface area contributed by atoms with Crippen LogP contribution in [0.1, 0.15) is 31.0 Å². The molecule has 0 bridgehead atoms. The molecular weight excluding hydrogens is 286 g/mol. The molecule has 0 aliphatic heterocycles.